The Morgan fingerprint density at radius 2 is 2.16 bits per heavy atom. The van der Waals surface area contributed by atoms with Crippen LogP contribution in [0.5, 0.6) is 0 Å². The molecule has 3 nitrogen and oxygen atoms in total. The fraction of sp³-hybridized carbons (Fsp3) is 0.533. The van der Waals surface area contributed by atoms with Gasteiger partial charge in [0, 0.05) is 12.6 Å². The van der Waals surface area contributed by atoms with Crippen molar-refractivity contribution >= 4 is 5.97 Å². The molecular formula is C15H20FNO2. The van der Waals surface area contributed by atoms with Crippen molar-refractivity contribution in [1.29, 1.82) is 0 Å². The first kappa shape index (κ1) is 14.0. The quantitative estimate of drug-likeness (QED) is 0.883. The maximum atomic E-state index is 14.0. The van der Waals surface area contributed by atoms with Gasteiger partial charge in [0.2, 0.25) is 0 Å². The second-order valence-electron chi connectivity index (χ2n) is 5.78. The summed E-state index contributed by atoms with van der Waals surface area (Å²) in [6, 6.07) is 5.56. The highest BCUT2D eigenvalue weighted by Gasteiger charge is 2.31. The highest BCUT2D eigenvalue weighted by Crippen LogP contribution is 2.33. The van der Waals surface area contributed by atoms with E-state index >= 15 is 0 Å². The molecule has 0 saturated carbocycles. The number of carbonyl (C=O) groups is 1. The molecule has 1 saturated heterocycles. The number of nitrogens with one attached hydrogen (secondary N) is 1. The summed E-state index contributed by atoms with van der Waals surface area (Å²) < 4.78 is 14.0. The van der Waals surface area contributed by atoms with Gasteiger partial charge in [0.25, 0.3) is 0 Å². The van der Waals surface area contributed by atoms with E-state index in [-0.39, 0.29) is 12.0 Å². The predicted molar refractivity (Wildman–Crippen MR) is 71.8 cm³/mol. The van der Waals surface area contributed by atoms with E-state index in [9.17, 15) is 9.18 Å². The highest BCUT2D eigenvalue weighted by atomic mass is 19.1. The van der Waals surface area contributed by atoms with E-state index in [0.717, 1.165) is 11.1 Å². The lowest BCUT2D eigenvalue weighted by Crippen LogP contribution is -2.18. The van der Waals surface area contributed by atoms with Gasteiger partial charge in [0.05, 0.1) is 5.92 Å². The minimum Gasteiger partial charge on any atom is -0.481 e. The summed E-state index contributed by atoms with van der Waals surface area (Å²) in [4.78, 5) is 11.0. The number of hydrogen-bond acceptors (Lipinski definition) is 2. The molecule has 1 heterocycles. The zero-order valence-electron chi connectivity index (χ0n) is 11.5. The van der Waals surface area contributed by atoms with Gasteiger partial charge >= 0.3 is 5.97 Å². The lowest BCUT2D eigenvalue weighted by atomic mass is 9.91. The Kier molecular flexibility index (Phi) is 3.63. The number of halogens is 1. The molecule has 2 unspecified atom stereocenters. The van der Waals surface area contributed by atoms with Gasteiger partial charge in [-0.3, -0.25) is 4.79 Å². The molecule has 2 N–H and O–H groups in total. The molecule has 1 aliphatic rings. The molecule has 1 aliphatic heterocycles. The fourth-order valence-electron chi connectivity index (χ4n) is 2.55. The van der Waals surface area contributed by atoms with Crippen LogP contribution in [0.3, 0.4) is 0 Å². The summed E-state index contributed by atoms with van der Waals surface area (Å²) in [6.07, 6.45) is 0.562. The van der Waals surface area contributed by atoms with Crippen LogP contribution in [0.1, 0.15) is 43.0 Å². The molecule has 0 bridgehead atoms. The van der Waals surface area contributed by atoms with E-state index in [4.69, 9.17) is 5.11 Å². The zero-order valence-corrected chi connectivity index (χ0v) is 11.5. The number of hydrogen-bond donors (Lipinski definition) is 2. The van der Waals surface area contributed by atoms with Crippen LogP contribution in [0, 0.1) is 12.8 Å². The van der Waals surface area contributed by atoms with Gasteiger partial charge < -0.3 is 10.4 Å². The number of carboxylic acids is 1. The molecule has 4 heteroatoms. The minimum absolute atomic E-state index is 0.00315. The molecule has 0 amide bonds. The maximum Gasteiger partial charge on any atom is 0.307 e. The molecule has 1 aromatic carbocycles. The second-order valence-corrected chi connectivity index (χ2v) is 5.78. The van der Waals surface area contributed by atoms with Crippen LogP contribution in [0.25, 0.3) is 0 Å². The Bertz CT molecular complexity index is 493. The number of carboxylic acid groups (broad SMARTS) is 1. The largest absolute Gasteiger partial charge is 0.481 e. The molecule has 104 valence electrons. The van der Waals surface area contributed by atoms with Crippen molar-refractivity contribution in [2.24, 2.45) is 5.92 Å². The first-order chi connectivity index (χ1) is 8.79. The van der Waals surface area contributed by atoms with Crippen molar-refractivity contribution in [2.45, 2.75) is 38.9 Å². The van der Waals surface area contributed by atoms with Crippen LogP contribution in [0.2, 0.25) is 0 Å². The third-order valence-corrected chi connectivity index (χ3v) is 3.82. The summed E-state index contributed by atoms with van der Waals surface area (Å²) in [7, 11) is 0. The van der Waals surface area contributed by atoms with Crippen molar-refractivity contribution < 1.29 is 14.3 Å². The number of rotatable bonds is 3. The standard InChI is InChI=1S/C15H20FNO2/c1-9-4-5-11(15(2,3)16)7-12(9)13-6-10(8-17-13)14(18)19/h4-5,7,10,13,17H,6,8H2,1-3H3,(H,18,19). The summed E-state index contributed by atoms with van der Waals surface area (Å²) in [5.74, 6) is -1.12. The molecule has 1 fully saturated rings. The Morgan fingerprint density at radius 3 is 2.68 bits per heavy atom. The van der Waals surface area contributed by atoms with Crippen molar-refractivity contribution in [2.75, 3.05) is 6.54 Å². The van der Waals surface area contributed by atoms with Crippen molar-refractivity contribution in [1.82, 2.24) is 5.32 Å². The van der Waals surface area contributed by atoms with Gasteiger partial charge in [0.1, 0.15) is 5.67 Å². The molecular weight excluding hydrogens is 245 g/mol. The van der Waals surface area contributed by atoms with E-state index in [1.165, 1.54) is 13.8 Å². The monoisotopic (exact) mass is 265 g/mol. The van der Waals surface area contributed by atoms with Gasteiger partial charge in [-0.25, -0.2) is 4.39 Å². The molecule has 0 spiro atoms. The number of benzene rings is 1. The predicted octanol–water partition coefficient (Wildman–Crippen LogP) is 2.93. The van der Waals surface area contributed by atoms with Gasteiger partial charge in [-0.1, -0.05) is 18.2 Å². The smallest absolute Gasteiger partial charge is 0.307 e. The summed E-state index contributed by atoms with van der Waals surface area (Å²) in [6.45, 7) is 5.51. The SMILES string of the molecule is Cc1ccc(C(C)(C)F)cc1C1CC(C(=O)O)CN1. The lowest BCUT2D eigenvalue weighted by molar-refractivity contribution is -0.141. The van der Waals surface area contributed by atoms with Crippen molar-refractivity contribution in [3.05, 3.63) is 34.9 Å². The van der Waals surface area contributed by atoms with Crippen LogP contribution >= 0.6 is 0 Å². The van der Waals surface area contributed by atoms with Gasteiger partial charge in [-0.2, -0.15) is 0 Å². The average Bonchev–Trinajstić information content (AvgIpc) is 2.77. The van der Waals surface area contributed by atoms with Crippen molar-refractivity contribution in [3.63, 3.8) is 0 Å². The van der Waals surface area contributed by atoms with E-state index in [2.05, 4.69) is 5.32 Å². The van der Waals surface area contributed by atoms with Crippen molar-refractivity contribution in [3.8, 4) is 0 Å². The molecule has 19 heavy (non-hydrogen) atoms. The fourth-order valence-corrected chi connectivity index (χ4v) is 2.55. The lowest BCUT2D eigenvalue weighted by Gasteiger charge is -2.20. The summed E-state index contributed by atoms with van der Waals surface area (Å²) >= 11 is 0. The zero-order chi connectivity index (χ0) is 14.2. The molecule has 0 aromatic heterocycles. The first-order valence-corrected chi connectivity index (χ1v) is 6.55. The Balaban J connectivity index is 2.28. The Morgan fingerprint density at radius 1 is 1.47 bits per heavy atom. The molecule has 0 radical (unpaired) electrons. The Labute approximate surface area is 112 Å². The Hall–Kier alpha value is -1.42. The van der Waals surface area contributed by atoms with E-state index in [0.29, 0.717) is 18.5 Å². The number of alkyl halides is 1. The second kappa shape index (κ2) is 4.93. The average molecular weight is 265 g/mol. The van der Waals surface area contributed by atoms with Gasteiger partial charge in [0.15, 0.2) is 0 Å². The summed E-state index contributed by atoms with van der Waals surface area (Å²) in [5.41, 5.74) is 1.32. The van der Waals surface area contributed by atoms with Crippen LogP contribution in [-0.2, 0) is 10.5 Å². The third kappa shape index (κ3) is 2.95. The normalized spacial score (nSPS) is 23.6. The van der Waals surface area contributed by atoms with Crippen LogP contribution in [-0.4, -0.2) is 17.6 Å². The van der Waals surface area contributed by atoms with E-state index in [1.54, 1.807) is 6.07 Å². The molecule has 0 aliphatic carbocycles. The first-order valence-electron chi connectivity index (χ1n) is 6.55. The maximum absolute atomic E-state index is 14.0. The van der Waals surface area contributed by atoms with Gasteiger partial charge in [-0.05, 0) is 43.9 Å². The van der Waals surface area contributed by atoms with Crippen LogP contribution < -0.4 is 5.32 Å². The van der Waals surface area contributed by atoms with Crippen LogP contribution in [0.4, 0.5) is 4.39 Å². The molecule has 1 aromatic rings. The van der Waals surface area contributed by atoms with Gasteiger partial charge in [-0.15, -0.1) is 0 Å². The third-order valence-electron chi connectivity index (χ3n) is 3.82. The van der Waals surface area contributed by atoms with Crippen LogP contribution in [0.15, 0.2) is 18.2 Å². The highest BCUT2D eigenvalue weighted by molar-refractivity contribution is 5.70. The number of aliphatic carboxylic acids is 1. The minimum atomic E-state index is -1.38. The van der Waals surface area contributed by atoms with E-state index < -0.39 is 11.6 Å². The van der Waals surface area contributed by atoms with E-state index in [1.807, 2.05) is 19.1 Å². The molecule has 2 atom stereocenters. The topological polar surface area (TPSA) is 49.3 Å². The number of aryl methyl sites for hydroxylation is 1. The summed E-state index contributed by atoms with van der Waals surface area (Å²) in [5, 5.41) is 12.3. The molecule has 2 rings (SSSR count).